The minimum atomic E-state index is -0.0604. The van der Waals surface area contributed by atoms with Crippen LogP contribution in [-0.2, 0) is 0 Å². The standard InChI is InChI=1S/C13H13Cl2N3O2/c1-7(2)19-12-11(16)13(18-6-17-12)20-9-5-3-4-8(14)10(9)15/h3-7H,16H2,1-2H3. The summed E-state index contributed by atoms with van der Waals surface area (Å²) in [5, 5.41) is 0.675. The van der Waals surface area contributed by atoms with Crippen molar-refractivity contribution in [2.45, 2.75) is 20.0 Å². The summed E-state index contributed by atoms with van der Waals surface area (Å²) in [6, 6.07) is 5.04. The topological polar surface area (TPSA) is 70.3 Å². The number of rotatable bonds is 4. The molecule has 0 radical (unpaired) electrons. The van der Waals surface area contributed by atoms with E-state index in [0.717, 1.165) is 0 Å². The van der Waals surface area contributed by atoms with Gasteiger partial charge in [0.25, 0.3) is 0 Å². The summed E-state index contributed by atoms with van der Waals surface area (Å²) in [5.74, 6) is 0.794. The zero-order valence-corrected chi connectivity index (χ0v) is 12.4. The molecule has 0 aliphatic rings. The predicted molar refractivity (Wildman–Crippen MR) is 78.7 cm³/mol. The fourth-order valence-electron chi connectivity index (χ4n) is 1.43. The monoisotopic (exact) mass is 313 g/mol. The Bertz CT molecular complexity index is 621. The molecule has 0 unspecified atom stereocenters. The molecule has 5 nitrogen and oxygen atoms in total. The first kappa shape index (κ1) is 14.7. The molecular weight excluding hydrogens is 301 g/mol. The highest BCUT2D eigenvalue weighted by Gasteiger charge is 2.14. The smallest absolute Gasteiger partial charge is 0.249 e. The lowest BCUT2D eigenvalue weighted by atomic mass is 10.3. The molecule has 0 amide bonds. The summed E-state index contributed by atoms with van der Waals surface area (Å²) >= 11 is 12.0. The molecule has 0 saturated carbocycles. The molecule has 106 valence electrons. The normalized spacial score (nSPS) is 10.7. The van der Waals surface area contributed by atoms with Gasteiger partial charge in [0.2, 0.25) is 11.8 Å². The highest BCUT2D eigenvalue weighted by atomic mass is 35.5. The van der Waals surface area contributed by atoms with Gasteiger partial charge in [0.15, 0.2) is 5.69 Å². The number of aromatic nitrogens is 2. The van der Waals surface area contributed by atoms with Crippen molar-refractivity contribution in [2.24, 2.45) is 0 Å². The molecule has 0 saturated heterocycles. The molecule has 0 fully saturated rings. The molecule has 20 heavy (non-hydrogen) atoms. The third kappa shape index (κ3) is 3.23. The van der Waals surface area contributed by atoms with Crippen molar-refractivity contribution in [1.82, 2.24) is 9.97 Å². The van der Waals surface area contributed by atoms with Gasteiger partial charge < -0.3 is 15.2 Å². The fraction of sp³-hybridized carbons (Fsp3) is 0.231. The minimum absolute atomic E-state index is 0.0604. The Balaban J connectivity index is 2.32. The molecule has 0 bridgehead atoms. The number of anilines is 1. The molecule has 1 aromatic carbocycles. The third-order valence-corrected chi connectivity index (χ3v) is 3.08. The van der Waals surface area contributed by atoms with E-state index in [1.807, 2.05) is 13.8 Å². The Morgan fingerprint density at radius 2 is 1.85 bits per heavy atom. The second-order valence-electron chi connectivity index (χ2n) is 4.22. The van der Waals surface area contributed by atoms with Crippen molar-refractivity contribution in [3.8, 4) is 17.5 Å². The van der Waals surface area contributed by atoms with Gasteiger partial charge in [0.1, 0.15) is 17.1 Å². The van der Waals surface area contributed by atoms with Crippen LogP contribution in [-0.4, -0.2) is 16.1 Å². The van der Waals surface area contributed by atoms with Crippen LogP contribution in [0.1, 0.15) is 13.8 Å². The molecule has 7 heteroatoms. The predicted octanol–water partition coefficient (Wildman–Crippen LogP) is 3.95. The average Bonchev–Trinajstić information content (AvgIpc) is 2.39. The van der Waals surface area contributed by atoms with Crippen molar-refractivity contribution < 1.29 is 9.47 Å². The van der Waals surface area contributed by atoms with E-state index in [1.165, 1.54) is 6.33 Å². The summed E-state index contributed by atoms with van der Waals surface area (Å²) in [4.78, 5) is 7.94. The van der Waals surface area contributed by atoms with Crippen LogP contribution in [0.3, 0.4) is 0 Å². The third-order valence-electron chi connectivity index (χ3n) is 2.28. The lowest BCUT2D eigenvalue weighted by molar-refractivity contribution is 0.233. The lowest BCUT2D eigenvalue weighted by Gasteiger charge is -2.13. The van der Waals surface area contributed by atoms with Crippen molar-refractivity contribution in [1.29, 1.82) is 0 Å². The van der Waals surface area contributed by atoms with Crippen LogP contribution in [0.4, 0.5) is 5.69 Å². The molecular formula is C13H13Cl2N3O2. The first-order valence-electron chi connectivity index (χ1n) is 5.88. The van der Waals surface area contributed by atoms with E-state index >= 15 is 0 Å². The van der Waals surface area contributed by atoms with Crippen LogP contribution in [0, 0.1) is 0 Å². The number of nitrogen functional groups attached to an aromatic ring is 1. The van der Waals surface area contributed by atoms with E-state index in [4.69, 9.17) is 38.4 Å². The van der Waals surface area contributed by atoms with Gasteiger partial charge >= 0.3 is 0 Å². The van der Waals surface area contributed by atoms with Crippen LogP contribution in [0.25, 0.3) is 0 Å². The van der Waals surface area contributed by atoms with Gasteiger partial charge in [0.05, 0.1) is 11.1 Å². The van der Waals surface area contributed by atoms with E-state index in [0.29, 0.717) is 15.8 Å². The van der Waals surface area contributed by atoms with Crippen molar-refractivity contribution in [2.75, 3.05) is 5.73 Å². The highest BCUT2D eigenvalue weighted by Crippen LogP contribution is 2.37. The van der Waals surface area contributed by atoms with Crippen molar-refractivity contribution in [3.05, 3.63) is 34.6 Å². The van der Waals surface area contributed by atoms with Crippen LogP contribution in [0.5, 0.6) is 17.5 Å². The summed E-state index contributed by atoms with van der Waals surface area (Å²) < 4.78 is 11.0. The largest absolute Gasteiger partial charge is 0.473 e. The maximum atomic E-state index is 6.05. The number of ether oxygens (including phenoxy) is 2. The molecule has 0 aliphatic carbocycles. The number of hydrogen-bond acceptors (Lipinski definition) is 5. The van der Waals surface area contributed by atoms with Gasteiger partial charge in [0, 0.05) is 0 Å². The quantitative estimate of drug-likeness (QED) is 0.925. The Morgan fingerprint density at radius 1 is 1.15 bits per heavy atom. The molecule has 2 N–H and O–H groups in total. The summed E-state index contributed by atoms with van der Waals surface area (Å²) in [5.41, 5.74) is 6.12. The summed E-state index contributed by atoms with van der Waals surface area (Å²) in [7, 11) is 0. The minimum Gasteiger partial charge on any atom is -0.473 e. The molecule has 0 spiro atoms. The average molecular weight is 314 g/mol. The van der Waals surface area contributed by atoms with E-state index < -0.39 is 0 Å². The Hall–Kier alpha value is -1.72. The lowest BCUT2D eigenvalue weighted by Crippen LogP contribution is -2.10. The van der Waals surface area contributed by atoms with Gasteiger partial charge in [-0.1, -0.05) is 29.3 Å². The van der Waals surface area contributed by atoms with Crippen molar-refractivity contribution in [3.63, 3.8) is 0 Å². The maximum absolute atomic E-state index is 6.05. The highest BCUT2D eigenvalue weighted by molar-refractivity contribution is 6.42. The van der Waals surface area contributed by atoms with E-state index in [9.17, 15) is 0 Å². The van der Waals surface area contributed by atoms with Gasteiger partial charge in [-0.2, -0.15) is 9.97 Å². The Labute approximate surface area is 126 Å². The summed E-state index contributed by atoms with van der Waals surface area (Å²) in [6.45, 7) is 3.74. The molecule has 1 aromatic heterocycles. The van der Waals surface area contributed by atoms with Gasteiger partial charge in [-0.25, -0.2) is 0 Å². The first-order valence-corrected chi connectivity index (χ1v) is 6.63. The second kappa shape index (κ2) is 6.15. The van der Waals surface area contributed by atoms with Crippen molar-refractivity contribution >= 4 is 28.9 Å². The van der Waals surface area contributed by atoms with Gasteiger partial charge in [-0.3, -0.25) is 0 Å². The number of halogens is 2. The number of nitrogens with zero attached hydrogens (tertiary/aromatic N) is 2. The number of benzene rings is 1. The van der Waals surface area contributed by atoms with Gasteiger partial charge in [-0.05, 0) is 26.0 Å². The molecule has 2 aromatic rings. The van der Waals surface area contributed by atoms with E-state index in [1.54, 1.807) is 18.2 Å². The van der Waals surface area contributed by atoms with Crippen LogP contribution in [0.2, 0.25) is 10.0 Å². The number of nitrogens with two attached hydrogens (primary N) is 1. The fourth-order valence-corrected chi connectivity index (χ4v) is 1.76. The van der Waals surface area contributed by atoms with E-state index in [2.05, 4.69) is 9.97 Å². The number of hydrogen-bond donors (Lipinski definition) is 1. The maximum Gasteiger partial charge on any atom is 0.249 e. The zero-order valence-electron chi connectivity index (χ0n) is 10.9. The molecule has 1 heterocycles. The van der Waals surface area contributed by atoms with Gasteiger partial charge in [-0.15, -0.1) is 0 Å². The van der Waals surface area contributed by atoms with Crippen LogP contribution in [0.15, 0.2) is 24.5 Å². The Kier molecular flexibility index (Phi) is 4.52. The molecule has 0 aliphatic heterocycles. The summed E-state index contributed by atoms with van der Waals surface area (Å²) in [6.07, 6.45) is 1.25. The molecule has 2 rings (SSSR count). The zero-order chi connectivity index (χ0) is 14.7. The second-order valence-corrected chi connectivity index (χ2v) is 5.00. The van der Waals surface area contributed by atoms with E-state index in [-0.39, 0.29) is 23.6 Å². The first-order chi connectivity index (χ1) is 9.49. The molecule has 0 atom stereocenters. The SMILES string of the molecule is CC(C)Oc1ncnc(Oc2cccc(Cl)c2Cl)c1N. The Morgan fingerprint density at radius 3 is 2.55 bits per heavy atom. The van der Waals surface area contributed by atoms with Crippen LogP contribution < -0.4 is 15.2 Å². The van der Waals surface area contributed by atoms with Crippen LogP contribution >= 0.6 is 23.2 Å².